The Kier molecular flexibility index (Phi) is 4.90. The van der Waals surface area contributed by atoms with Crippen LogP contribution in [0.25, 0.3) is 0 Å². The molecule has 1 N–H and O–H groups in total. The zero-order valence-electron chi connectivity index (χ0n) is 12.2. The monoisotopic (exact) mass is 297 g/mol. The summed E-state index contributed by atoms with van der Waals surface area (Å²) in [6.07, 6.45) is 2.17. The number of amidine groups is 1. The van der Waals surface area contributed by atoms with Gasteiger partial charge in [-0.15, -0.1) is 11.3 Å². The van der Waals surface area contributed by atoms with Gasteiger partial charge in [-0.1, -0.05) is 32.5 Å². The maximum Gasteiger partial charge on any atom is 0.156 e. The second-order valence-corrected chi connectivity index (χ2v) is 8.05. The topological polar surface area (TPSA) is 37.3 Å². The molecule has 3 nitrogen and oxygen atoms in total. The second-order valence-electron chi connectivity index (χ2n) is 6.02. The van der Waals surface area contributed by atoms with Gasteiger partial charge < -0.3 is 5.32 Å². The van der Waals surface area contributed by atoms with E-state index in [9.17, 15) is 0 Å². The minimum absolute atomic E-state index is 0.300. The Morgan fingerprint density at radius 2 is 2.26 bits per heavy atom. The Morgan fingerprint density at radius 3 is 2.89 bits per heavy atom. The van der Waals surface area contributed by atoms with Crippen LogP contribution in [0.4, 0.5) is 0 Å². The van der Waals surface area contributed by atoms with Crippen molar-refractivity contribution in [2.75, 3.05) is 12.3 Å². The number of hydrogen-bond donors (Lipinski definition) is 1. The van der Waals surface area contributed by atoms with Gasteiger partial charge in [0.15, 0.2) is 5.17 Å². The molecule has 2 heterocycles. The van der Waals surface area contributed by atoms with Crippen molar-refractivity contribution in [3.05, 3.63) is 16.1 Å². The summed E-state index contributed by atoms with van der Waals surface area (Å²) in [5, 5.41) is 7.98. The number of rotatable bonds is 3. The van der Waals surface area contributed by atoms with E-state index in [1.165, 1.54) is 17.2 Å². The molecule has 1 aromatic rings. The molecule has 106 valence electrons. The fourth-order valence-electron chi connectivity index (χ4n) is 2.05. The highest BCUT2D eigenvalue weighted by Gasteiger charge is 2.28. The average Bonchev–Trinajstić information content (AvgIpc) is 2.74. The fraction of sp³-hybridized carbons (Fsp3) is 0.714. The molecule has 1 aliphatic heterocycles. The smallest absolute Gasteiger partial charge is 0.156 e. The Balaban J connectivity index is 1.85. The number of aliphatic imine (C=N–C) groups is 1. The Bertz CT molecular complexity index is 446. The lowest BCUT2D eigenvalue weighted by atomic mass is 9.85. The van der Waals surface area contributed by atoms with Crippen molar-refractivity contribution >= 4 is 28.3 Å². The van der Waals surface area contributed by atoms with Gasteiger partial charge in [0, 0.05) is 35.8 Å². The maximum absolute atomic E-state index is 4.69. The first-order chi connectivity index (χ1) is 8.95. The standard InChI is InChI=1S/C14H23N3S2/c1-10-9-19-12(16-10)5-7-15-13-17-11(6-8-18-13)14(2,3)4/h9,11H,5-8H2,1-4H3,(H,15,17). The Hall–Kier alpha value is -0.550. The molecule has 0 aromatic carbocycles. The molecule has 19 heavy (non-hydrogen) atoms. The number of hydrogen-bond acceptors (Lipinski definition) is 4. The molecule has 1 atom stereocenters. The molecule has 5 heteroatoms. The minimum atomic E-state index is 0.300. The zero-order chi connectivity index (χ0) is 13.9. The van der Waals surface area contributed by atoms with Crippen LogP contribution in [0.2, 0.25) is 0 Å². The van der Waals surface area contributed by atoms with E-state index >= 15 is 0 Å². The number of aryl methyl sites for hydroxylation is 1. The van der Waals surface area contributed by atoms with Crippen LogP contribution in [-0.2, 0) is 6.42 Å². The second kappa shape index (κ2) is 6.27. The highest BCUT2D eigenvalue weighted by molar-refractivity contribution is 8.13. The van der Waals surface area contributed by atoms with Crippen molar-refractivity contribution in [3.8, 4) is 0 Å². The molecular weight excluding hydrogens is 274 g/mol. The highest BCUT2D eigenvalue weighted by atomic mass is 32.2. The molecule has 2 rings (SSSR count). The zero-order valence-corrected chi connectivity index (χ0v) is 13.8. The van der Waals surface area contributed by atoms with Gasteiger partial charge >= 0.3 is 0 Å². The van der Waals surface area contributed by atoms with Crippen molar-refractivity contribution in [1.29, 1.82) is 0 Å². The van der Waals surface area contributed by atoms with E-state index in [2.05, 4.69) is 41.4 Å². The first-order valence-corrected chi connectivity index (χ1v) is 8.66. The third-order valence-corrected chi connectivity index (χ3v) is 5.22. The van der Waals surface area contributed by atoms with Crippen molar-refractivity contribution < 1.29 is 0 Å². The fourth-order valence-corrected chi connectivity index (χ4v) is 3.77. The summed E-state index contributed by atoms with van der Waals surface area (Å²) in [7, 11) is 0. The lowest BCUT2D eigenvalue weighted by Gasteiger charge is -2.35. The maximum atomic E-state index is 4.69. The average molecular weight is 297 g/mol. The largest absolute Gasteiger partial charge is 0.362 e. The molecule has 0 radical (unpaired) electrons. The van der Waals surface area contributed by atoms with E-state index in [0.29, 0.717) is 11.5 Å². The molecule has 0 spiro atoms. The van der Waals surface area contributed by atoms with Gasteiger partial charge in [0.05, 0.1) is 5.01 Å². The van der Waals surface area contributed by atoms with Gasteiger partial charge in [-0.25, -0.2) is 4.98 Å². The summed E-state index contributed by atoms with van der Waals surface area (Å²) in [6.45, 7) is 9.74. The van der Waals surface area contributed by atoms with Crippen molar-refractivity contribution in [2.45, 2.75) is 46.6 Å². The Morgan fingerprint density at radius 1 is 1.47 bits per heavy atom. The van der Waals surface area contributed by atoms with Crippen LogP contribution in [0.5, 0.6) is 0 Å². The van der Waals surface area contributed by atoms with E-state index < -0.39 is 0 Å². The molecule has 0 bridgehead atoms. The van der Waals surface area contributed by atoms with Crippen molar-refractivity contribution in [1.82, 2.24) is 10.3 Å². The summed E-state index contributed by atoms with van der Waals surface area (Å²) in [5.74, 6) is 1.17. The van der Waals surface area contributed by atoms with Crippen LogP contribution < -0.4 is 5.32 Å². The molecular formula is C14H23N3S2. The molecule has 0 saturated carbocycles. The van der Waals surface area contributed by atoms with Crippen molar-refractivity contribution in [2.24, 2.45) is 10.4 Å². The summed E-state index contributed by atoms with van der Waals surface area (Å²) in [5.41, 5.74) is 1.42. The third-order valence-electron chi connectivity index (χ3n) is 3.24. The van der Waals surface area contributed by atoms with E-state index in [1.807, 2.05) is 18.7 Å². The molecule has 1 fully saturated rings. The van der Waals surface area contributed by atoms with Crippen LogP contribution >= 0.6 is 23.1 Å². The molecule has 0 amide bonds. The highest BCUT2D eigenvalue weighted by Crippen LogP contribution is 2.27. The quantitative estimate of drug-likeness (QED) is 0.928. The van der Waals surface area contributed by atoms with Gasteiger partial charge in [0.1, 0.15) is 0 Å². The van der Waals surface area contributed by atoms with Crippen LogP contribution in [0.3, 0.4) is 0 Å². The van der Waals surface area contributed by atoms with Gasteiger partial charge in [0.25, 0.3) is 0 Å². The molecule has 1 unspecified atom stereocenters. The number of nitrogens with one attached hydrogen (secondary N) is 1. The van der Waals surface area contributed by atoms with Gasteiger partial charge in [-0.05, 0) is 18.8 Å². The van der Waals surface area contributed by atoms with E-state index in [-0.39, 0.29) is 0 Å². The summed E-state index contributed by atoms with van der Waals surface area (Å²) in [6, 6.07) is 0.537. The lowest BCUT2D eigenvalue weighted by Crippen LogP contribution is -2.46. The number of aromatic nitrogens is 1. The van der Waals surface area contributed by atoms with E-state index in [0.717, 1.165) is 23.8 Å². The number of nitrogens with zero attached hydrogens (tertiary/aromatic N) is 2. The van der Waals surface area contributed by atoms with Gasteiger partial charge in [-0.3, -0.25) is 4.99 Å². The Labute approximate surface area is 124 Å². The molecule has 0 aliphatic carbocycles. The number of thiazole rings is 1. The minimum Gasteiger partial charge on any atom is -0.362 e. The third kappa shape index (κ3) is 4.49. The van der Waals surface area contributed by atoms with Gasteiger partial charge in [-0.2, -0.15) is 0 Å². The molecule has 1 aliphatic rings. The number of thioether (sulfide) groups is 1. The molecule has 1 aromatic heterocycles. The first kappa shape index (κ1) is 14.9. The summed E-state index contributed by atoms with van der Waals surface area (Å²) in [4.78, 5) is 9.16. The van der Waals surface area contributed by atoms with E-state index in [1.54, 1.807) is 11.3 Å². The first-order valence-electron chi connectivity index (χ1n) is 6.80. The van der Waals surface area contributed by atoms with Crippen LogP contribution in [0, 0.1) is 12.3 Å². The lowest BCUT2D eigenvalue weighted by molar-refractivity contribution is 0.290. The molecule has 1 saturated heterocycles. The SMILES string of the molecule is Cc1csc(CCN=C2NC(C(C)(C)C)CCS2)n1. The summed E-state index contributed by atoms with van der Waals surface area (Å²) >= 11 is 3.58. The summed E-state index contributed by atoms with van der Waals surface area (Å²) < 4.78 is 0. The predicted molar refractivity (Wildman–Crippen MR) is 86.3 cm³/mol. The normalized spacial score (nSPS) is 22.5. The van der Waals surface area contributed by atoms with Gasteiger partial charge in [0.2, 0.25) is 0 Å². The van der Waals surface area contributed by atoms with Crippen molar-refractivity contribution in [3.63, 3.8) is 0 Å². The van der Waals surface area contributed by atoms with Crippen LogP contribution in [0.15, 0.2) is 10.4 Å². The van der Waals surface area contributed by atoms with E-state index in [4.69, 9.17) is 0 Å². The van der Waals surface area contributed by atoms with Crippen LogP contribution in [-0.4, -0.2) is 28.5 Å². The van der Waals surface area contributed by atoms with Crippen LogP contribution in [0.1, 0.15) is 37.9 Å². The predicted octanol–water partition coefficient (Wildman–Crippen LogP) is 3.49.